The molecule has 5 nitrogen and oxygen atoms in total. The number of rotatable bonds is 8. The number of hydrogen-bond donors (Lipinski definition) is 1. The third-order valence-electron chi connectivity index (χ3n) is 5.19. The predicted molar refractivity (Wildman–Crippen MR) is 120 cm³/mol. The zero-order valence-corrected chi connectivity index (χ0v) is 18.3. The minimum Gasteiger partial charge on any atom is -0.351 e. The number of benzene rings is 2. The zero-order chi connectivity index (χ0) is 20.7. The summed E-state index contributed by atoms with van der Waals surface area (Å²) in [5.74, 6) is 0.793. The van der Waals surface area contributed by atoms with Gasteiger partial charge in [-0.05, 0) is 49.2 Å². The van der Waals surface area contributed by atoms with Crippen molar-refractivity contribution < 1.29 is 13.2 Å². The number of sulfonamides is 1. The Morgan fingerprint density at radius 3 is 2.34 bits per heavy atom. The summed E-state index contributed by atoms with van der Waals surface area (Å²) in [6, 6.07) is 14.9. The van der Waals surface area contributed by atoms with E-state index >= 15 is 0 Å². The van der Waals surface area contributed by atoms with Crippen LogP contribution in [-0.2, 0) is 10.0 Å². The molecule has 3 rings (SSSR count). The average Bonchev–Trinajstić information content (AvgIpc) is 2.77. The molecule has 1 aliphatic carbocycles. The Morgan fingerprint density at radius 1 is 1.03 bits per heavy atom. The maximum absolute atomic E-state index is 12.7. The van der Waals surface area contributed by atoms with Gasteiger partial charge in [0.1, 0.15) is 0 Å². The Balaban J connectivity index is 1.53. The summed E-state index contributed by atoms with van der Waals surface area (Å²) >= 11 is 1.95. The Kier molecular flexibility index (Phi) is 7.61. The lowest BCUT2D eigenvalue weighted by molar-refractivity contribution is 0.0956. The van der Waals surface area contributed by atoms with Gasteiger partial charge in [-0.1, -0.05) is 37.5 Å². The summed E-state index contributed by atoms with van der Waals surface area (Å²) < 4.78 is 26.6. The third kappa shape index (κ3) is 5.76. The quantitative estimate of drug-likeness (QED) is 0.632. The number of carbonyl (C=O) groups is 1. The monoisotopic (exact) mass is 432 g/mol. The first-order chi connectivity index (χ1) is 14.0. The molecule has 1 amide bonds. The van der Waals surface area contributed by atoms with Gasteiger partial charge in [-0.2, -0.15) is 11.8 Å². The highest BCUT2D eigenvalue weighted by Gasteiger charge is 2.21. The summed E-state index contributed by atoms with van der Waals surface area (Å²) in [6.45, 7) is 0.643. The molecule has 0 spiro atoms. The summed E-state index contributed by atoms with van der Waals surface area (Å²) in [5.41, 5.74) is 1.04. The van der Waals surface area contributed by atoms with Crippen LogP contribution in [0.2, 0.25) is 0 Å². The van der Waals surface area contributed by atoms with Crippen LogP contribution in [0.3, 0.4) is 0 Å². The smallest absolute Gasteiger partial charge is 0.264 e. The van der Waals surface area contributed by atoms with E-state index in [4.69, 9.17) is 0 Å². The Bertz CT molecular complexity index is 893. The van der Waals surface area contributed by atoms with Gasteiger partial charge in [-0.15, -0.1) is 0 Å². The van der Waals surface area contributed by atoms with E-state index in [9.17, 15) is 13.2 Å². The van der Waals surface area contributed by atoms with Gasteiger partial charge in [0.15, 0.2) is 0 Å². The van der Waals surface area contributed by atoms with E-state index in [1.54, 1.807) is 54.6 Å². The van der Waals surface area contributed by atoms with E-state index < -0.39 is 10.0 Å². The van der Waals surface area contributed by atoms with Gasteiger partial charge in [-0.25, -0.2) is 8.42 Å². The number of amides is 1. The number of hydrogen-bond acceptors (Lipinski definition) is 4. The van der Waals surface area contributed by atoms with E-state index in [1.165, 1.54) is 43.5 Å². The lowest BCUT2D eigenvalue weighted by Crippen LogP contribution is -2.27. The molecule has 0 aromatic heterocycles. The van der Waals surface area contributed by atoms with Crippen molar-refractivity contribution in [1.82, 2.24) is 5.32 Å². The molecule has 2 aromatic rings. The van der Waals surface area contributed by atoms with Crippen molar-refractivity contribution in [3.05, 3.63) is 60.2 Å². The Morgan fingerprint density at radius 2 is 1.69 bits per heavy atom. The minimum atomic E-state index is -3.62. The fourth-order valence-electron chi connectivity index (χ4n) is 3.44. The van der Waals surface area contributed by atoms with Crippen molar-refractivity contribution in [2.24, 2.45) is 0 Å². The maximum Gasteiger partial charge on any atom is 0.264 e. The Labute approximate surface area is 177 Å². The largest absolute Gasteiger partial charge is 0.351 e. The first-order valence-corrected chi connectivity index (χ1v) is 12.5. The van der Waals surface area contributed by atoms with Crippen molar-refractivity contribution in [1.29, 1.82) is 0 Å². The molecular formula is C22H28N2O3S2. The molecule has 1 fully saturated rings. The van der Waals surface area contributed by atoms with Crippen LogP contribution in [0.15, 0.2) is 59.5 Å². The van der Waals surface area contributed by atoms with Crippen LogP contribution in [0.5, 0.6) is 0 Å². The molecule has 29 heavy (non-hydrogen) atoms. The highest BCUT2D eigenvalue weighted by Crippen LogP contribution is 2.27. The minimum absolute atomic E-state index is 0.130. The number of anilines is 1. The molecular weight excluding hydrogens is 404 g/mol. The average molecular weight is 433 g/mol. The lowest BCUT2D eigenvalue weighted by atomic mass is 10.0. The summed E-state index contributed by atoms with van der Waals surface area (Å²) in [5, 5.41) is 3.69. The van der Waals surface area contributed by atoms with Crippen LogP contribution in [0.4, 0.5) is 5.69 Å². The van der Waals surface area contributed by atoms with Crippen LogP contribution in [0, 0.1) is 0 Å². The van der Waals surface area contributed by atoms with Gasteiger partial charge in [0.05, 0.1) is 10.6 Å². The number of nitrogens with zero attached hydrogens (tertiary/aromatic N) is 1. The van der Waals surface area contributed by atoms with Gasteiger partial charge in [-0.3, -0.25) is 9.10 Å². The molecule has 1 aliphatic rings. The van der Waals surface area contributed by atoms with Crippen LogP contribution < -0.4 is 9.62 Å². The molecule has 1 N–H and O–H groups in total. The normalized spacial score (nSPS) is 15.1. The van der Waals surface area contributed by atoms with E-state index in [0.29, 0.717) is 17.8 Å². The second kappa shape index (κ2) is 10.2. The fraction of sp³-hybridized carbons (Fsp3) is 0.409. The van der Waals surface area contributed by atoms with Crippen molar-refractivity contribution in [3.63, 3.8) is 0 Å². The van der Waals surface area contributed by atoms with Gasteiger partial charge in [0.2, 0.25) is 0 Å². The van der Waals surface area contributed by atoms with Crippen LogP contribution >= 0.6 is 11.8 Å². The first-order valence-electron chi connectivity index (χ1n) is 10.0. The molecule has 0 unspecified atom stereocenters. The highest BCUT2D eigenvalue weighted by atomic mass is 32.2. The second-order valence-corrected chi connectivity index (χ2v) is 10.6. The maximum atomic E-state index is 12.7. The molecule has 0 bridgehead atoms. The van der Waals surface area contributed by atoms with E-state index in [2.05, 4.69) is 5.32 Å². The predicted octanol–water partition coefficient (Wildman–Crippen LogP) is 4.31. The lowest BCUT2D eigenvalue weighted by Gasteiger charge is -2.21. The topological polar surface area (TPSA) is 66.5 Å². The summed E-state index contributed by atoms with van der Waals surface area (Å²) in [4.78, 5) is 12.6. The van der Waals surface area contributed by atoms with E-state index in [-0.39, 0.29) is 10.8 Å². The van der Waals surface area contributed by atoms with Crippen molar-refractivity contribution in [3.8, 4) is 0 Å². The second-order valence-electron chi connectivity index (χ2n) is 7.22. The number of thioether (sulfide) groups is 1. The van der Waals surface area contributed by atoms with Gasteiger partial charge in [0, 0.05) is 30.2 Å². The van der Waals surface area contributed by atoms with Crippen LogP contribution in [-0.4, -0.2) is 38.9 Å². The SMILES string of the molecule is CN(c1ccc(C(=O)NCCSC2CCCCC2)cc1)S(=O)(=O)c1ccccc1. The van der Waals surface area contributed by atoms with E-state index in [1.807, 2.05) is 11.8 Å². The molecule has 0 heterocycles. The van der Waals surface area contributed by atoms with Crippen molar-refractivity contribution >= 4 is 33.4 Å². The molecule has 0 aliphatic heterocycles. The van der Waals surface area contributed by atoms with E-state index in [0.717, 1.165) is 11.0 Å². The highest BCUT2D eigenvalue weighted by molar-refractivity contribution is 7.99. The molecule has 1 saturated carbocycles. The first kappa shape index (κ1) is 21.7. The molecule has 0 atom stereocenters. The summed E-state index contributed by atoms with van der Waals surface area (Å²) in [7, 11) is -2.11. The molecule has 156 valence electrons. The van der Waals surface area contributed by atoms with Gasteiger partial charge >= 0.3 is 0 Å². The van der Waals surface area contributed by atoms with Crippen LogP contribution in [0.1, 0.15) is 42.5 Å². The van der Waals surface area contributed by atoms with Crippen molar-refractivity contribution in [2.75, 3.05) is 23.7 Å². The van der Waals surface area contributed by atoms with Crippen molar-refractivity contribution in [2.45, 2.75) is 42.2 Å². The third-order valence-corrected chi connectivity index (χ3v) is 8.37. The molecule has 0 radical (unpaired) electrons. The molecule has 0 saturated heterocycles. The van der Waals surface area contributed by atoms with Gasteiger partial charge in [0.25, 0.3) is 15.9 Å². The zero-order valence-electron chi connectivity index (χ0n) is 16.7. The molecule has 7 heteroatoms. The number of carbonyl (C=O) groups excluding carboxylic acids is 1. The Hall–Kier alpha value is -1.99. The summed E-state index contributed by atoms with van der Waals surface area (Å²) in [6.07, 6.45) is 6.58. The standard InChI is InChI=1S/C22H28N2O3S2/c1-24(29(26,27)21-10-6-3-7-11-21)19-14-12-18(13-15-19)22(25)23-16-17-28-20-8-4-2-5-9-20/h3,6-7,10-15,20H,2,4-5,8-9,16-17H2,1H3,(H,23,25). The van der Waals surface area contributed by atoms with Gasteiger partial charge < -0.3 is 5.32 Å². The molecule has 2 aromatic carbocycles. The van der Waals surface area contributed by atoms with Crippen LogP contribution in [0.25, 0.3) is 0 Å². The fourth-order valence-corrected chi connectivity index (χ4v) is 5.87. The number of nitrogens with one attached hydrogen (secondary N) is 1.